The normalized spacial score (nSPS) is 13.2. The molecule has 5 rings (SSSR count). The second-order valence-electron chi connectivity index (χ2n) is 12.8. The Morgan fingerprint density at radius 1 is 0.911 bits per heavy atom. The molecule has 1 aliphatic rings. The van der Waals surface area contributed by atoms with Crippen LogP contribution in [0, 0.1) is 0 Å². The number of amides is 2. The number of carbonyl (C=O) groups excluding carboxylic acids is 2. The number of alkyl halides is 3. The average Bonchev–Trinajstić information content (AvgIpc) is 3.64. The topological polar surface area (TPSA) is 170 Å². The lowest BCUT2D eigenvalue weighted by Crippen LogP contribution is -2.30. The summed E-state index contributed by atoms with van der Waals surface area (Å²) >= 11 is 5.73. The van der Waals surface area contributed by atoms with Crippen LogP contribution in [0.15, 0.2) is 77.1 Å². The zero-order chi connectivity index (χ0) is 39.8. The number of hydrogen-bond donors (Lipinski definition) is 3. The molecule has 298 valence electrons. The average molecular weight is 799 g/mol. The molecule has 0 atom stereocenters. The van der Waals surface area contributed by atoms with Crippen molar-refractivity contribution in [3.8, 4) is 0 Å². The predicted octanol–water partition coefficient (Wildman–Crippen LogP) is 4.81. The third-order valence-corrected chi connectivity index (χ3v) is 8.95. The van der Waals surface area contributed by atoms with E-state index in [9.17, 15) is 22.8 Å². The first kappa shape index (κ1) is 41.9. The molecule has 0 aliphatic carbocycles. The third kappa shape index (κ3) is 12.9. The summed E-state index contributed by atoms with van der Waals surface area (Å²) in [6.45, 7) is 5.15. The molecule has 0 bridgehead atoms. The van der Waals surface area contributed by atoms with Crippen molar-refractivity contribution >= 4 is 41.0 Å². The Kier molecular flexibility index (Phi) is 15.9. The molecule has 1 saturated heterocycles. The van der Waals surface area contributed by atoms with E-state index in [-0.39, 0.29) is 16.8 Å². The minimum Gasteiger partial charge on any atom is -0.379 e. The molecule has 0 spiro atoms. The molecule has 0 unspecified atom stereocenters. The van der Waals surface area contributed by atoms with Gasteiger partial charge in [-0.1, -0.05) is 35.0 Å². The Morgan fingerprint density at radius 2 is 1.66 bits per heavy atom. The summed E-state index contributed by atoms with van der Waals surface area (Å²) in [5, 5.41) is 18.2. The fraction of sp³-hybridized carbons (Fsp3) is 0.395. The number of hydrogen-bond acceptors (Lipinski definition) is 10. The van der Waals surface area contributed by atoms with Crippen LogP contribution in [0.3, 0.4) is 0 Å². The van der Waals surface area contributed by atoms with Gasteiger partial charge in [-0.3, -0.25) is 9.59 Å². The van der Waals surface area contributed by atoms with Crippen molar-refractivity contribution in [2.75, 3.05) is 69.5 Å². The van der Waals surface area contributed by atoms with Gasteiger partial charge in [0, 0.05) is 37.0 Å². The molecular formula is C38H44ClF3N9O5+. The zero-order valence-electron chi connectivity index (χ0n) is 30.6. The number of halogens is 4. The van der Waals surface area contributed by atoms with Gasteiger partial charge in [-0.15, -0.1) is 5.10 Å². The molecule has 0 radical (unpaired) electrons. The van der Waals surface area contributed by atoms with Gasteiger partial charge in [0.05, 0.1) is 79.9 Å². The van der Waals surface area contributed by atoms with Crippen LogP contribution in [-0.2, 0) is 33.4 Å². The Labute approximate surface area is 326 Å². The Bertz CT molecular complexity index is 1950. The lowest BCUT2D eigenvalue weighted by atomic mass is 10.1. The number of nitrogens with zero attached hydrogens (tertiary/aromatic N) is 6. The number of anilines is 2. The van der Waals surface area contributed by atoms with Crippen LogP contribution >= 0.6 is 11.6 Å². The monoisotopic (exact) mass is 798 g/mol. The number of aromatic nitrogens is 3. The fourth-order valence-corrected chi connectivity index (χ4v) is 6.03. The second-order valence-corrected chi connectivity index (χ2v) is 13.2. The van der Waals surface area contributed by atoms with Crippen LogP contribution in [0.4, 0.5) is 24.5 Å². The Morgan fingerprint density at radius 3 is 2.41 bits per heavy atom. The summed E-state index contributed by atoms with van der Waals surface area (Å²) in [7, 11) is 0. The highest BCUT2D eigenvalue weighted by molar-refractivity contribution is 6.31. The smallest absolute Gasteiger partial charge is 0.379 e. The van der Waals surface area contributed by atoms with Crippen LogP contribution in [0.2, 0.25) is 5.02 Å². The zero-order valence-corrected chi connectivity index (χ0v) is 31.4. The minimum atomic E-state index is -4.65. The van der Waals surface area contributed by atoms with Crippen molar-refractivity contribution in [3.05, 3.63) is 105 Å². The van der Waals surface area contributed by atoms with Crippen molar-refractivity contribution in [2.45, 2.75) is 38.4 Å². The van der Waals surface area contributed by atoms with E-state index < -0.39 is 28.6 Å². The number of ether oxygens (including phenoxy) is 3. The van der Waals surface area contributed by atoms with E-state index in [1.807, 2.05) is 18.3 Å². The summed E-state index contributed by atoms with van der Waals surface area (Å²) in [5.74, 6) is -1.11. The van der Waals surface area contributed by atoms with E-state index >= 15 is 0 Å². The largest absolute Gasteiger partial charge is 0.417 e. The molecule has 4 aromatic rings. The fourth-order valence-electron chi connectivity index (χ4n) is 5.80. The third-order valence-electron chi connectivity index (χ3n) is 8.62. The number of rotatable bonds is 20. The van der Waals surface area contributed by atoms with Gasteiger partial charge >= 0.3 is 6.18 Å². The molecule has 18 heteroatoms. The number of carbonyl (C=O) groups is 2. The van der Waals surface area contributed by atoms with Gasteiger partial charge in [0.1, 0.15) is 6.54 Å². The SMILES string of the molecule is [NH2+]=NCCOCCOCCOCCc1cn(Cc2cccc(C(=O)Nc3ccc(N4CCCCC4)cc3C(=O)N/N=C/c3ccc(Cl)c(C(F)(F)F)c3)c2)nn1. The van der Waals surface area contributed by atoms with E-state index in [1.165, 1.54) is 6.07 Å². The van der Waals surface area contributed by atoms with Gasteiger partial charge in [0.25, 0.3) is 11.8 Å². The first-order valence-corrected chi connectivity index (χ1v) is 18.5. The van der Waals surface area contributed by atoms with E-state index in [4.69, 9.17) is 31.3 Å². The maximum atomic E-state index is 13.5. The van der Waals surface area contributed by atoms with Crippen LogP contribution < -0.4 is 21.2 Å². The summed E-state index contributed by atoms with van der Waals surface area (Å²) in [4.78, 5) is 29.2. The van der Waals surface area contributed by atoms with Crippen LogP contribution in [0.25, 0.3) is 0 Å². The van der Waals surface area contributed by atoms with Gasteiger partial charge in [-0.25, -0.2) is 10.1 Å². The van der Waals surface area contributed by atoms with Crippen molar-refractivity contribution in [3.63, 3.8) is 0 Å². The summed E-state index contributed by atoms with van der Waals surface area (Å²) in [5.41, 5.74) is 9.57. The minimum absolute atomic E-state index is 0.0837. The predicted molar refractivity (Wildman–Crippen MR) is 203 cm³/mol. The molecule has 1 aliphatic heterocycles. The van der Waals surface area contributed by atoms with E-state index in [0.29, 0.717) is 64.7 Å². The second kappa shape index (κ2) is 21.2. The summed E-state index contributed by atoms with van der Waals surface area (Å²) in [6, 6.07) is 15.5. The highest BCUT2D eigenvalue weighted by atomic mass is 35.5. The molecular weight excluding hydrogens is 755 g/mol. The Hall–Kier alpha value is -5.23. The van der Waals surface area contributed by atoms with Gasteiger partial charge in [0.2, 0.25) is 0 Å². The molecule has 2 amide bonds. The van der Waals surface area contributed by atoms with E-state index in [2.05, 4.69) is 36.2 Å². The van der Waals surface area contributed by atoms with Crippen LogP contribution in [0.1, 0.15) is 62.4 Å². The first-order valence-electron chi connectivity index (χ1n) is 18.1. The molecule has 2 heterocycles. The number of nitrogens with one attached hydrogen (secondary N) is 2. The standard InChI is InChI=1S/C38H43ClF3N9O5/c39-34-9-7-27(22-33(34)38(40,41)42)24-45-48-37(53)32-23-31(50-13-2-1-3-14-50)8-10-35(32)46-36(52)29-6-4-5-28(21-29)25-51-26-30(47-49-51)11-15-54-17-19-56-20-18-55-16-12-44-43/h4-10,21-24,26,43H,1-3,11-20,25H2,(H,46,52)(H,48,53)/p+1/b44-43?,45-24+. The van der Waals surface area contributed by atoms with Gasteiger partial charge < -0.3 is 24.4 Å². The molecule has 1 fully saturated rings. The molecule has 14 nitrogen and oxygen atoms in total. The lowest BCUT2D eigenvalue weighted by molar-refractivity contribution is -0.223. The number of hydrazone groups is 1. The maximum absolute atomic E-state index is 13.5. The van der Waals surface area contributed by atoms with Crippen LogP contribution in [0.5, 0.6) is 0 Å². The van der Waals surface area contributed by atoms with Gasteiger partial charge in [-0.2, -0.15) is 23.8 Å². The van der Waals surface area contributed by atoms with Crippen molar-refractivity contribution in [1.29, 1.82) is 0 Å². The quantitative estimate of drug-likeness (QED) is 0.0496. The molecule has 4 N–H and O–H groups in total. The molecule has 0 saturated carbocycles. The number of nitrogens with two attached hydrogens (primary N) is 1. The van der Waals surface area contributed by atoms with Gasteiger partial charge in [-0.05, 0) is 78.0 Å². The summed E-state index contributed by atoms with van der Waals surface area (Å²) in [6.07, 6.45) is 1.94. The number of benzene rings is 3. The highest BCUT2D eigenvalue weighted by Crippen LogP contribution is 2.35. The maximum Gasteiger partial charge on any atom is 0.417 e. The number of piperidine rings is 1. The highest BCUT2D eigenvalue weighted by Gasteiger charge is 2.33. The molecule has 3 aromatic carbocycles. The van der Waals surface area contributed by atoms with Crippen molar-refractivity contribution < 1.29 is 42.5 Å². The molecule has 1 aromatic heterocycles. The van der Waals surface area contributed by atoms with Crippen molar-refractivity contribution in [1.82, 2.24) is 20.4 Å². The lowest BCUT2D eigenvalue weighted by Gasteiger charge is -2.29. The Balaban J connectivity index is 1.18. The first-order chi connectivity index (χ1) is 27.1. The summed E-state index contributed by atoms with van der Waals surface area (Å²) < 4.78 is 58.1. The van der Waals surface area contributed by atoms with Gasteiger partial charge in [0.15, 0.2) is 0 Å². The van der Waals surface area contributed by atoms with E-state index in [1.54, 1.807) is 35.0 Å². The van der Waals surface area contributed by atoms with Crippen LogP contribution in [-0.4, -0.2) is 92.3 Å². The van der Waals surface area contributed by atoms with E-state index in [0.717, 1.165) is 67.6 Å². The molecule has 56 heavy (non-hydrogen) atoms. The van der Waals surface area contributed by atoms with Crippen molar-refractivity contribution in [2.24, 2.45) is 10.2 Å².